The van der Waals surface area contributed by atoms with E-state index in [0.717, 1.165) is 37.8 Å². The summed E-state index contributed by atoms with van der Waals surface area (Å²) in [6.07, 6.45) is 5.04. The lowest BCUT2D eigenvalue weighted by Crippen LogP contribution is -2.59. The highest BCUT2D eigenvalue weighted by atomic mass is 19.1. The zero-order chi connectivity index (χ0) is 53.5. The number of quaternary nitrogens is 2. The van der Waals surface area contributed by atoms with Crippen molar-refractivity contribution in [2.24, 2.45) is 0 Å². The number of imide groups is 2. The van der Waals surface area contributed by atoms with Crippen molar-refractivity contribution in [1.82, 2.24) is 30.2 Å². The molecule has 22 heteroatoms. The van der Waals surface area contributed by atoms with Gasteiger partial charge in [-0.15, -0.1) is 0 Å². The number of anilines is 2. The molecule has 4 saturated heterocycles. The van der Waals surface area contributed by atoms with Gasteiger partial charge in [-0.2, -0.15) is 20.0 Å². The van der Waals surface area contributed by atoms with Crippen molar-refractivity contribution in [3.63, 3.8) is 0 Å². The van der Waals surface area contributed by atoms with Crippen LogP contribution in [0.1, 0.15) is 62.0 Å². The molecule has 0 aliphatic carbocycles. The molecule has 392 valence electrons. The Morgan fingerprint density at radius 3 is 1.33 bits per heavy atom. The van der Waals surface area contributed by atoms with Gasteiger partial charge in [0, 0.05) is 49.6 Å². The first kappa shape index (κ1) is 51.3. The molecule has 2 aromatic heterocycles. The Morgan fingerprint density at radius 2 is 0.947 bits per heavy atom. The molecule has 6 heterocycles. The number of amides is 6. The van der Waals surface area contributed by atoms with E-state index in [-0.39, 0.29) is 39.0 Å². The van der Waals surface area contributed by atoms with Gasteiger partial charge in [-0.1, -0.05) is 48.5 Å². The number of aromatic amines is 2. The summed E-state index contributed by atoms with van der Waals surface area (Å²) in [6, 6.07) is 16.5. The quantitative estimate of drug-likeness (QED) is 0.0711. The van der Waals surface area contributed by atoms with Gasteiger partial charge >= 0.3 is 35.8 Å². The van der Waals surface area contributed by atoms with Crippen LogP contribution in [0.4, 0.5) is 29.7 Å². The van der Waals surface area contributed by atoms with Crippen LogP contribution >= 0.6 is 0 Å². The van der Waals surface area contributed by atoms with E-state index in [2.05, 4.69) is 20.4 Å². The molecule has 6 aromatic rings. The van der Waals surface area contributed by atoms with E-state index in [9.17, 15) is 38.4 Å². The fourth-order valence-electron chi connectivity index (χ4n) is 10.7. The number of H-pyrrole nitrogens is 2. The Bertz CT molecular complexity index is 3280. The number of likely N-dealkylation sites (tertiary alicyclic amines) is 2. The number of aromatic nitrogens is 4. The number of urea groups is 2. The van der Waals surface area contributed by atoms with Gasteiger partial charge in [0.1, 0.15) is 24.7 Å². The summed E-state index contributed by atoms with van der Waals surface area (Å²) in [4.78, 5) is 128. The van der Waals surface area contributed by atoms with Gasteiger partial charge in [-0.25, -0.2) is 38.2 Å². The molecule has 4 atom stereocenters. The summed E-state index contributed by atoms with van der Waals surface area (Å²) in [5.74, 6) is -6.08. The molecular weight excluding hydrogens is 987 g/mol. The lowest BCUT2D eigenvalue weighted by atomic mass is 10.0. The van der Waals surface area contributed by atoms with Crippen LogP contribution in [0.25, 0.3) is 21.5 Å². The number of benzene rings is 4. The van der Waals surface area contributed by atoms with Crippen LogP contribution in [0.2, 0.25) is 0 Å². The lowest BCUT2D eigenvalue weighted by Gasteiger charge is -2.31. The van der Waals surface area contributed by atoms with Gasteiger partial charge < -0.3 is 0 Å². The minimum Gasteiger partial charge on any atom is -0.298 e. The summed E-state index contributed by atoms with van der Waals surface area (Å²) >= 11 is 0. The van der Waals surface area contributed by atoms with E-state index < -0.39 is 91.3 Å². The van der Waals surface area contributed by atoms with Gasteiger partial charge in [0.25, 0.3) is 11.1 Å². The molecule has 0 saturated carbocycles. The van der Waals surface area contributed by atoms with Crippen molar-refractivity contribution in [3.05, 3.63) is 152 Å². The Hall–Kier alpha value is -8.18. The van der Waals surface area contributed by atoms with Crippen molar-refractivity contribution in [2.45, 2.75) is 64.5 Å². The lowest BCUT2D eigenvalue weighted by molar-refractivity contribution is -1.03. The number of rotatable bonds is 16. The molecule has 20 nitrogen and oxygen atoms in total. The van der Waals surface area contributed by atoms with Gasteiger partial charge in [0.05, 0.1) is 46.6 Å². The van der Waals surface area contributed by atoms with Crippen LogP contribution in [0.15, 0.2) is 107 Å². The number of carbonyl (C=O) groups is 6. The first-order valence-electron chi connectivity index (χ1n) is 25.2. The molecule has 10 rings (SSSR count). The maximum absolute atomic E-state index is 15.9. The predicted molar refractivity (Wildman–Crippen MR) is 271 cm³/mol. The Balaban J connectivity index is 0.909. The standard InChI is InChI=1S/C54H52F2N10O10/c1-33-51(71)63(45-31-35(15-17-41(45)55)29-43-37-11-3-5-13-39(37)49(69)59-57-43)53(73)65(33,27-25-61-21-7-8-22-61)75-47(67)19-20-48(68)76-66(28-26-62-23-9-10-24-62)34(2)52(72)64(54(66)74)46-32-36(16-18-42(46)56)30-44-38-12-4-6-14-40(38)50(70)60-58-44/h3-6,11-20,31-34H,7-10,21-30H2,1-2H3/p+2/b20-19+. The molecule has 4 aliphatic rings. The number of hydroxylamine groups is 6. The molecule has 2 N–H and O–H groups in total. The number of hydrogen-bond acceptors (Lipinski definition) is 14. The molecule has 0 radical (unpaired) electrons. The Morgan fingerprint density at radius 1 is 0.579 bits per heavy atom. The van der Waals surface area contributed by atoms with Crippen LogP contribution in [0, 0.1) is 11.6 Å². The number of nitrogens with zero attached hydrogens (tertiary/aromatic N) is 8. The summed E-state index contributed by atoms with van der Waals surface area (Å²) in [7, 11) is 0. The smallest absolute Gasteiger partial charge is 0.298 e. The maximum atomic E-state index is 15.9. The second-order valence-corrected chi connectivity index (χ2v) is 19.6. The minimum atomic E-state index is -1.39. The van der Waals surface area contributed by atoms with Crippen LogP contribution in [-0.2, 0) is 41.7 Å². The third-order valence-corrected chi connectivity index (χ3v) is 15.0. The number of nitrogens with one attached hydrogen (secondary N) is 2. The second kappa shape index (κ2) is 20.9. The maximum Gasteiger partial charge on any atom is 0.473 e. The van der Waals surface area contributed by atoms with Crippen molar-refractivity contribution >= 4 is 68.7 Å². The van der Waals surface area contributed by atoms with Crippen LogP contribution < -0.4 is 20.9 Å². The van der Waals surface area contributed by atoms with Gasteiger partial charge in [0.15, 0.2) is 0 Å². The first-order valence-corrected chi connectivity index (χ1v) is 25.2. The third kappa shape index (κ3) is 9.48. The van der Waals surface area contributed by atoms with Gasteiger partial charge in [-0.3, -0.25) is 38.7 Å². The summed E-state index contributed by atoms with van der Waals surface area (Å²) in [5.41, 5.74) is 0.208. The predicted octanol–water partition coefficient (Wildman–Crippen LogP) is 5.33. The van der Waals surface area contributed by atoms with Gasteiger partial charge in [0.2, 0.25) is 12.1 Å². The van der Waals surface area contributed by atoms with E-state index in [1.165, 1.54) is 38.1 Å². The molecule has 6 amide bonds. The van der Waals surface area contributed by atoms with E-state index >= 15 is 8.78 Å². The largest absolute Gasteiger partial charge is 0.473 e. The second-order valence-electron chi connectivity index (χ2n) is 19.6. The van der Waals surface area contributed by atoms with Crippen molar-refractivity contribution in [3.8, 4) is 0 Å². The molecule has 4 aromatic carbocycles. The summed E-state index contributed by atoms with van der Waals surface area (Å²) < 4.78 is 29.4. The SMILES string of the molecule is CC1C(=O)N(c2cc(Cc3n[nH]c(=O)c4ccccc34)ccc2F)C(=O)[N+]1(CCN1CCCC1)OC(=O)/C=C/C(=O)O[N+]1(CCN2CCCC2)C(=O)N(c2cc(Cc3n[nH]c(=O)c4ccccc34)ccc2F)C(=O)C1C. The number of carbonyl (C=O) groups excluding carboxylic acids is 6. The Labute approximate surface area is 432 Å². The van der Waals surface area contributed by atoms with Crippen LogP contribution in [0.5, 0.6) is 0 Å². The molecule has 76 heavy (non-hydrogen) atoms. The van der Waals surface area contributed by atoms with Crippen molar-refractivity contribution in [1.29, 1.82) is 0 Å². The topological polar surface area (TPSA) is 225 Å². The molecular formula is C54H54F2N10O10+2. The third-order valence-electron chi connectivity index (χ3n) is 15.0. The van der Waals surface area contributed by atoms with Gasteiger partial charge in [-0.05, 0) is 109 Å². The van der Waals surface area contributed by atoms with Crippen LogP contribution in [-0.4, -0.2) is 140 Å². The highest BCUT2D eigenvalue weighted by Gasteiger charge is 2.65. The molecule has 0 bridgehead atoms. The Kier molecular flexibility index (Phi) is 14.1. The number of fused-ring (bicyclic) bond motifs is 2. The highest BCUT2D eigenvalue weighted by Crippen LogP contribution is 2.37. The molecule has 4 aliphatic heterocycles. The van der Waals surface area contributed by atoms with E-state index in [1.807, 2.05) is 9.80 Å². The zero-order valence-electron chi connectivity index (χ0n) is 41.7. The van der Waals surface area contributed by atoms with Crippen molar-refractivity contribution in [2.75, 3.05) is 62.2 Å². The van der Waals surface area contributed by atoms with E-state index in [0.29, 0.717) is 92.2 Å². The monoisotopic (exact) mass is 1040 g/mol. The van der Waals surface area contributed by atoms with Crippen molar-refractivity contribution < 1.29 is 56.5 Å². The number of hydrogen-bond donors (Lipinski definition) is 2. The first-order chi connectivity index (χ1) is 36.6. The van der Waals surface area contributed by atoms with E-state index in [1.54, 1.807) is 48.5 Å². The summed E-state index contributed by atoms with van der Waals surface area (Å²) in [5, 5.41) is 15.2. The average Bonchev–Trinajstić information content (AvgIpc) is 4.25. The van der Waals surface area contributed by atoms with Crippen LogP contribution in [0.3, 0.4) is 0 Å². The molecule has 4 unspecified atom stereocenters. The average molecular weight is 1040 g/mol. The normalized spacial score (nSPS) is 22.3. The molecule has 0 spiro atoms. The molecule has 4 fully saturated rings. The van der Waals surface area contributed by atoms with E-state index in [4.69, 9.17) is 9.68 Å². The number of halogens is 2. The minimum absolute atomic E-state index is 0.0787. The highest BCUT2D eigenvalue weighted by molar-refractivity contribution is 6.18. The summed E-state index contributed by atoms with van der Waals surface area (Å²) in [6.45, 7) is 5.45. The zero-order valence-corrected chi connectivity index (χ0v) is 41.7. The fraction of sp³-hybridized carbons (Fsp3) is 0.333. The fourth-order valence-corrected chi connectivity index (χ4v) is 10.7.